The SMILES string of the molecule is CC(C)C1(C(=O)OC2CCOC2)CCNC1. The summed E-state index contributed by atoms with van der Waals surface area (Å²) in [5, 5.41) is 3.27. The van der Waals surface area contributed by atoms with E-state index < -0.39 is 0 Å². The Hall–Kier alpha value is -0.610. The van der Waals surface area contributed by atoms with Gasteiger partial charge in [0.05, 0.1) is 18.6 Å². The molecule has 2 heterocycles. The van der Waals surface area contributed by atoms with Crippen LogP contribution in [0.15, 0.2) is 0 Å². The lowest BCUT2D eigenvalue weighted by Gasteiger charge is -2.31. The third kappa shape index (κ3) is 2.09. The third-order valence-electron chi connectivity index (χ3n) is 3.86. The highest BCUT2D eigenvalue weighted by Gasteiger charge is 2.46. The smallest absolute Gasteiger partial charge is 0.314 e. The van der Waals surface area contributed by atoms with E-state index in [0.717, 1.165) is 25.9 Å². The molecular formula is C12H21NO3. The Morgan fingerprint density at radius 2 is 2.38 bits per heavy atom. The van der Waals surface area contributed by atoms with E-state index in [-0.39, 0.29) is 17.5 Å². The van der Waals surface area contributed by atoms with E-state index in [2.05, 4.69) is 19.2 Å². The quantitative estimate of drug-likeness (QED) is 0.729. The highest BCUT2D eigenvalue weighted by atomic mass is 16.6. The van der Waals surface area contributed by atoms with Crippen molar-refractivity contribution in [2.24, 2.45) is 11.3 Å². The molecule has 2 aliphatic heterocycles. The van der Waals surface area contributed by atoms with Crippen LogP contribution in [0.1, 0.15) is 26.7 Å². The fourth-order valence-corrected chi connectivity index (χ4v) is 2.49. The van der Waals surface area contributed by atoms with Crippen LogP contribution in [0.5, 0.6) is 0 Å². The molecule has 2 rings (SSSR count). The van der Waals surface area contributed by atoms with Crippen LogP contribution in [0.2, 0.25) is 0 Å². The van der Waals surface area contributed by atoms with Gasteiger partial charge in [0, 0.05) is 13.0 Å². The number of ether oxygens (including phenoxy) is 2. The highest BCUT2D eigenvalue weighted by molar-refractivity contribution is 5.78. The molecule has 0 aromatic carbocycles. The van der Waals surface area contributed by atoms with E-state index in [9.17, 15) is 4.79 Å². The minimum absolute atomic E-state index is 0.0243. The zero-order chi connectivity index (χ0) is 11.6. The zero-order valence-electron chi connectivity index (χ0n) is 10.1. The predicted molar refractivity (Wildman–Crippen MR) is 60.1 cm³/mol. The molecule has 4 heteroatoms. The van der Waals surface area contributed by atoms with Crippen molar-refractivity contribution in [3.63, 3.8) is 0 Å². The van der Waals surface area contributed by atoms with Crippen LogP contribution in [0.25, 0.3) is 0 Å². The predicted octanol–water partition coefficient (Wildman–Crippen LogP) is 0.954. The van der Waals surface area contributed by atoms with Gasteiger partial charge in [-0.05, 0) is 18.9 Å². The molecule has 0 bridgehead atoms. The molecule has 0 aromatic heterocycles. The van der Waals surface area contributed by atoms with Crippen LogP contribution in [-0.4, -0.2) is 38.4 Å². The number of rotatable bonds is 3. The van der Waals surface area contributed by atoms with Crippen LogP contribution >= 0.6 is 0 Å². The number of esters is 1. The molecule has 4 nitrogen and oxygen atoms in total. The van der Waals surface area contributed by atoms with E-state index in [4.69, 9.17) is 9.47 Å². The third-order valence-corrected chi connectivity index (χ3v) is 3.86. The molecule has 0 amide bonds. The van der Waals surface area contributed by atoms with Crippen LogP contribution in [0.4, 0.5) is 0 Å². The zero-order valence-corrected chi connectivity index (χ0v) is 10.1. The Morgan fingerprint density at radius 1 is 1.56 bits per heavy atom. The number of hydrogen-bond acceptors (Lipinski definition) is 4. The number of carbonyl (C=O) groups excluding carboxylic acids is 1. The summed E-state index contributed by atoms with van der Waals surface area (Å²) in [6.07, 6.45) is 1.70. The number of hydrogen-bond donors (Lipinski definition) is 1. The average molecular weight is 227 g/mol. The Bertz CT molecular complexity index is 253. The van der Waals surface area contributed by atoms with Crippen molar-refractivity contribution in [1.82, 2.24) is 5.32 Å². The summed E-state index contributed by atoms with van der Waals surface area (Å²) in [6, 6.07) is 0. The van der Waals surface area contributed by atoms with Gasteiger partial charge in [-0.3, -0.25) is 4.79 Å². The second-order valence-corrected chi connectivity index (χ2v) is 5.13. The molecule has 92 valence electrons. The van der Waals surface area contributed by atoms with Gasteiger partial charge in [0.1, 0.15) is 6.10 Å². The first-order valence-corrected chi connectivity index (χ1v) is 6.15. The van der Waals surface area contributed by atoms with E-state index in [1.54, 1.807) is 0 Å². The van der Waals surface area contributed by atoms with Gasteiger partial charge in [0.15, 0.2) is 0 Å². The standard InChI is InChI=1S/C12H21NO3/c1-9(2)12(4-5-13-8-12)11(14)16-10-3-6-15-7-10/h9-10,13H,3-8H2,1-2H3. The average Bonchev–Trinajstić information content (AvgIpc) is 2.87. The van der Waals surface area contributed by atoms with Gasteiger partial charge >= 0.3 is 5.97 Å². The first-order chi connectivity index (χ1) is 7.65. The maximum atomic E-state index is 12.2. The summed E-state index contributed by atoms with van der Waals surface area (Å²) >= 11 is 0. The number of carbonyl (C=O) groups is 1. The van der Waals surface area contributed by atoms with Gasteiger partial charge in [0.2, 0.25) is 0 Å². The van der Waals surface area contributed by atoms with Gasteiger partial charge in [0.25, 0.3) is 0 Å². The summed E-state index contributed by atoms with van der Waals surface area (Å²) in [4.78, 5) is 12.2. The van der Waals surface area contributed by atoms with E-state index in [1.807, 2.05) is 0 Å². The fraction of sp³-hybridized carbons (Fsp3) is 0.917. The van der Waals surface area contributed by atoms with E-state index >= 15 is 0 Å². The van der Waals surface area contributed by atoms with Crippen molar-refractivity contribution in [1.29, 1.82) is 0 Å². The topological polar surface area (TPSA) is 47.6 Å². The molecular weight excluding hydrogens is 206 g/mol. The van der Waals surface area contributed by atoms with Crippen molar-refractivity contribution in [2.75, 3.05) is 26.3 Å². The lowest BCUT2D eigenvalue weighted by molar-refractivity contribution is -0.163. The maximum Gasteiger partial charge on any atom is 0.314 e. The first kappa shape index (κ1) is 11.9. The van der Waals surface area contributed by atoms with Crippen LogP contribution in [0, 0.1) is 11.3 Å². The highest BCUT2D eigenvalue weighted by Crippen LogP contribution is 2.36. The van der Waals surface area contributed by atoms with E-state index in [1.165, 1.54) is 0 Å². The number of nitrogens with one attached hydrogen (secondary N) is 1. The molecule has 2 unspecified atom stereocenters. The normalized spacial score (nSPS) is 34.6. The molecule has 1 N–H and O–H groups in total. The molecule has 2 saturated heterocycles. The van der Waals surface area contributed by atoms with Gasteiger partial charge in [-0.15, -0.1) is 0 Å². The fourth-order valence-electron chi connectivity index (χ4n) is 2.49. The summed E-state index contributed by atoms with van der Waals surface area (Å²) < 4.78 is 10.8. The van der Waals surface area contributed by atoms with Crippen LogP contribution < -0.4 is 5.32 Å². The summed E-state index contributed by atoms with van der Waals surface area (Å²) in [5.74, 6) is 0.278. The second kappa shape index (κ2) is 4.72. The largest absolute Gasteiger partial charge is 0.459 e. The van der Waals surface area contributed by atoms with Crippen molar-refractivity contribution >= 4 is 5.97 Å². The van der Waals surface area contributed by atoms with Gasteiger partial charge < -0.3 is 14.8 Å². The molecule has 0 spiro atoms. The molecule has 2 fully saturated rings. The second-order valence-electron chi connectivity index (χ2n) is 5.13. The molecule has 0 radical (unpaired) electrons. The van der Waals surface area contributed by atoms with Gasteiger partial charge in [-0.25, -0.2) is 0 Å². The summed E-state index contributed by atoms with van der Waals surface area (Å²) in [5.41, 5.74) is -0.317. The molecule has 2 aliphatic rings. The van der Waals surface area contributed by atoms with Gasteiger partial charge in [-0.1, -0.05) is 13.8 Å². The lowest BCUT2D eigenvalue weighted by atomic mass is 9.76. The monoisotopic (exact) mass is 227 g/mol. The minimum atomic E-state index is -0.317. The van der Waals surface area contributed by atoms with Crippen LogP contribution in [-0.2, 0) is 14.3 Å². The Balaban J connectivity index is 1.99. The van der Waals surface area contributed by atoms with Crippen molar-refractivity contribution in [2.45, 2.75) is 32.8 Å². The molecule has 0 aliphatic carbocycles. The maximum absolute atomic E-state index is 12.2. The van der Waals surface area contributed by atoms with Crippen LogP contribution in [0.3, 0.4) is 0 Å². The summed E-state index contributed by atoms with van der Waals surface area (Å²) in [7, 11) is 0. The Labute approximate surface area is 96.7 Å². The summed E-state index contributed by atoms with van der Waals surface area (Å²) in [6.45, 7) is 7.13. The van der Waals surface area contributed by atoms with Crippen molar-refractivity contribution < 1.29 is 14.3 Å². The lowest BCUT2D eigenvalue weighted by Crippen LogP contribution is -2.41. The van der Waals surface area contributed by atoms with Crippen molar-refractivity contribution in [3.8, 4) is 0 Å². The molecule has 0 aromatic rings. The van der Waals surface area contributed by atoms with Crippen molar-refractivity contribution in [3.05, 3.63) is 0 Å². The Morgan fingerprint density at radius 3 is 2.88 bits per heavy atom. The molecule has 0 saturated carbocycles. The first-order valence-electron chi connectivity index (χ1n) is 6.15. The van der Waals surface area contributed by atoms with Gasteiger partial charge in [-0.2, -0.15) is 0 Å². The molecule has 2 atom stereocenters. The minimum Gasteiger partial charge on any atom is -0.459 e. The Kier molecular flexibility index (Phi) is 3.50. The van der Waals surface area contributed by atoms with E-state index in [0.29, 0.717) is 19.1 Å². The molecule has 16 heavy (non-hydrogen) atoms.